The van der Waals surface area contributed by atoms with Crippen LogP contribution in [0.15, 0.2) is 30.9 Å². The van der Waals surface area contributed by atoms with Crippen molar-refractivity contribution < 1.29 is 5.11 Å². The van der Waals surface area contributed by atoms with E-state index in [-0.39, 0.29) is 0 Å². The Morgan fingerprint density at radius 3 is 2.57 bits per heavy atom. The molecule has 0 spiro atoms. The summed E-state index contributed by atoms with van der Waals surface area (Å²) in [5.74, 6) is 0.488. The molecule has 0 saturated carbocycles. The number of aryl methyl sites for hydroxylation is 1. The number of hydrogen-bond donors (Lipinski definition) is 1. The van der Waals surface area contributed by atoms with Gasteiger partial charge in [-0.2, -0.15) is 0 Å². The number of allylic oxidation sites excluding steroid dienone is 1. The van der Waals surface area contributed by atoms with Crippen LogP contribution < -0.4 is 0 Å². The van der Waals surface area contributed by atoms with Crippen LogP contribution in [0.25, 0.3) is 0 Å². The molecule has 2 rings (SSSR count). The van der Waals surface area contributed by atoms with Gasteiger partial charge in [-0.3, -0.25) is 0 Å². The van der Waals surface area contributed by atoms with E-state index in [1.807, 2.05) is 13.0 Å². The Morgan fingerprint density at radius 2 is 1.93 bits per heavy atom. The lowest BCUT2D eigenvalue weighted by Crippen LogP contribution is -2.01. The van der Waals surface area contributed by atoms with Crippen molar-refractivity contribution in [2.75, 3.05) is 0 Å². The van der Waals surface area contributed by atoms with E-state index >= 15 is 0 Å². The second kappa shape index (κ2) is 5.48. The number of aromatic hydroxyl groups is 1. The van der Waals surface area contributed by atoms with E-state index in [9.17, 15) is 5.11 Å². The van der Waals surface area contributed by atoms with Crippen LogP contribution in [0.3, 0.4) is 0 Å². The van der Waals surface area contributed by atoms with Gasteiger partial charge in [-0.05, 0) is 49.8 Å². The lowest BCUT2D eigenvalue weighted by atomic mass is 9.91. The van der Waals surface area contributed by atoms with E-state index in [0.29, 0.717) is 5.75 Å². The summed E-state index contributed by atoms with van der Waals surface area (Å²) < 4.78 is 0. The van der Waals surface area contributed by atoms with Crippen molar-refractivity contribution >= 4 is 0 Å². The molecule has 14 heavy (non-hydrogen) atoms. The molecule has 1 heteroatoms. The summed E-state index contributed by atoms with van der Waals surface area (Å²) in [4.78, 5) is 0. The molecule has 0 radical (unpaired) electrons. The largest absolute Gasteiger partial charge is 0.508 e. The maximum atomic E-state index is 9.46. The summed E-state index contributed by atoms with van der Waals surface area (Å²) >= 11 is 0. The molecule has 1 aromatic carbocycles. The average molecular weight is 190 g/mol. The minimum Gasteiger partial charge on any atom is -0.508 e. The van der Waals surface area contributed by atoms with Gasteiger partial charge in [0.2, 0.25) is 0 Å². The molecule has 0 aromatic heterocycles. The summed E-state index contributed by atoms with van der Waals surface area (Å²) in [6.45, 7) is 5.25. The van der Waals surface area contributed by atoms with Gasteiger partial charge in [0, 0.05) is 0 Å². The maximum Gasteiger partial charge on any atom is 0.119 e. The molecule has 1 aliphatic rings. The third-order valence-corrected chi connectivity index (χ3v) is 2.37. The molecule has 1 aromatic rings. The van der Waals surface area contributed by atoms with Crippen LogP contribution in [0.4, 0.5) is 0 Å². The Bertz CT molecular complexity index is 302. The van der Waals surface area contributed by atoms with E-state index in [4.69, 9.17) is 0 Å². The Kier molecular flexibility index (Phi) is 4.24. The van der Waals surface area contributed by atoms with Gasteiger partial charge in [0.05, 0.1) is 0 Å². The first-order valence-corrected chi connectivity index (χ1v) is 5.16. The molecular weight excluding hydrogens is 172 g/mol. The molecule has 1 aliphatic carbocycles. The summed E-state index contributed by atoms with van der Waals surface area (Å²) in [5.41, 5.74) is 2.52. The number of phenols is 1. The van der Waals surface area contributed by atoms with Crippen LogP contribution in [0.5, 0.6) is 5.75 Å². The van der Waals surface area contributed by atoms with Gasteiger partial charge in [0.25, 0.3) is 0 Å². The summed E-state index contributed by atoms with van der Waals surface area (Å²) in [6.07, 6.45) is 6.45. The predicted molar refractivity (Wildman–Crippen MR) is 60.6 cm³/mol. The highest BCUT2D eigenvalue weighted by Gasteiger charge is 2.11. The molecule has 0 saturated heterocycles. The third-order valence-electron chi connectivity index (χ3n) is 2.37. The fourth-order valence-electron chi connectivity index (χ4n) is 1.76. The van der Waals surface area contributed by atoms with Crippen LogP contribution >= 0.6 is 0 Å². The van der Waals surface area contributed by atoms with E-state index in [1.54, 1.807) is 12.1 Å². The first-order chi connectivity index (χ1) is 6.79. The normalized spacial score (nSPS) is 13.5. The Labute approximate surface area is 86.1 Å². The number of hydrogen-bond acceptors (Lipinski definition) is 1. The van der Waals surface area contributed by atoms with E-state index < -0.39 is 0 Å². The molecule has 0 fully saturated rings. The predicted octanol–water partition coefficient (Wildman–Crippen LogP) is 3.46. The SMILES string of the molecule is C=CC.Oc1cccc2c1CCCC2. The van der Waals surface area contributed by atoms with Crippen LogP contribution in [0.2, 0.25) is 0 Å². The lowest BCUT2D eigenvalue weighted by Gasteiger charge is -2.15. The fraction of sp³-hybridized carbons (Fsp3) is 0.385. The van der Waals surface area contributed by atoms with Gasteiger partial charge in [0.15, 0.2) is 0 Å². The summed E-state index contributed by atoms with van der Waals surface area (Å²) in [6, 6.07) is 5.83. The second-order valence-electron chi connectivity index (χ2n) is 3.53. The highest BCUT2D eigenvalue weighted by Crippen LogP contribution is 2.27. The molecule has 0 aliphatic heterocycles. The van der Waals surface area contributed by atoms with Crippen molar-refractivity contribution in [3.8, 4) is 5.75 Å². The number of fused-ring (bicyclic) bond motifs is 1. The maximum absolute atomic E-state index is 9.46. The Balaban J connectivity index is 0.000000293. The summed E-state index contributed by atoms with van der Waals surface area (Å²) in [5, 5.41) is 9.46. The zero-order valence-corrected chi connectivity index (χ0v) is 8.79. The Hall–Kier alpha value is -1.24. The first kappa shape index (κ1) is 10.8. The highest BCUT2D eigenvalue weighted by atomic mass is 16.3. The molecule has 76 valence electrons. The van der Waals surface area contributed by atoms with Crippen LogP contribution in [0, 0.1) is 0 Å². The van der Waals surface area contributed by atoms with Gasteiger partial charge < -0.3 is 5.11 Å². The monoisotopic (exact) mass is 190 g/mol. The molecule has 0 amide bonds. The second-order valence-corrected chi connectivity index (χ2v) is 3.53. The van der Waals surface area contributed by atoms with E-state index in [2.05, 4.69) is 12.6 Å². The standard InChI is InChI=1S/C10H12O.C3H6/c11-10-7-3-5-8-4-1-2-6-9(8)10;1-3-2/h3,5,7,11H,1-2,4,6H2;3H,1H2,2H3. The van der Waals surface area contributed by atoms with Gasteiger partial charge in [-0.1, -0.05) is 18.2 Å². The molecular formula is C13H18O. The smallest absolute Gasteiger partial charge is 0.119 e. The van der Waals surface area contributed by atoms with Crippen LogP contribution in [-0.4, -0.2) is 5.11 Å². The lowest BCUT2D eigenvalue weighted by molar-refractivity contribution is 0.462. The molecule has 0 heterocycles. The van der Waals surface area contributed by atoms with Crippen molar-refractivity contribution in [1.29, 1.82) is 0 Å². The van der Waals surface area contributed by atoms with Gasteiger partial charge in [-0.25, -0.2) is 0 Å². The Morgan fingerprint density at radius 1 is 1.29 bits per heavy atom. The molecule has 0 bridgehead atoms. The van der Waals surface area contributed by atoms with Crippen molar-refractivity contribution in [2.45, 2.75) is 32.6 Å². The van der Waals surface area contributed by atoms with Gasteiger partial charge in [0.1, 0.15) is 5.75 Å². The number of rotatable bonds is 0. The van der Waals surface area contributed by atoms with E-state index in [0.717, 1.165) is 12.8 Å². The molecule has 1 nitrogen and oxygen atoms in total. The topological polar surface area (TPSA) is 20.2 Å². The first-order valence-electron chi connectivity index (χ1n) is 5.16. The van der Waals surface area contributed by atoms with Crippen LogP contribution in [-0.2, 0) is 12.8 Å². The summed E-state index contributed by atoms with van der Waals surface area (Å²) in [7, 11) is 0. The quantitative estimate of drug-likeness (QED) is 0.621. The van der Waals surface area contributed by atoms with Crippen molar-refractivity contribution in [3.05, 3.63) is 42.0 Å². The number of phenolic OH excluding ortho intramolecular Hbond substituents is 1. The third kappa shape index (κ3) is 2.63. The van der Waals surface area contributed by atoms with Crippen molar-refractivity contribution in [2.24, 2.45) is 0 Å². The minimum atomic E-state index is 0.488. The molecule has 0 unspecified atom stereocenters. The van der Waals surface area contributed by atoms with Gasteiger partial charge >= 0.3 is 0 Å². The zero-order chi connectivity index (χ0) is 10.4. The zero-order valence-electron chi connectivity index (χ0n) is 8.79. The number of benzene rings is 1. The van der Waals surface area contributed by atoms with Gasteiger partial charge in [-0.15, -0.1) is 6.58 Å². The van der Waals surface area contributed by atoms with E-state index in [1.165, 1.54) is 24.0 Å². The molecule has 0 atom stereocenters. The van der Waals surface area contributed by atoms with Crippen LogP contribution in [0.1, 0.15) is 30.9 Å². The average Bonchev–Trinajstić information content (AvgIpc) is 2.20. The molecule has 1 N–H and O–H groups in total. The highest BCUT2D eigenvalue weighted by molar-refractivity contribution is 5.40. The fourth-order valence-corrected chi connectivity index (χ4v) is 1.76. The minimum absolute atomic E-state index is 0.488. The van der Waals surface area contributed by atoms with Crippen molar-refractivity contribution in [1.82, 2.24) is 0 Å². The van der Waals surface area contributed by atoms with Crippen molar-refractivity contribution in [3.63, 3.8) is 0 Å².